The summed E-state index contributed by atoms with van der Waals surface area (Å²) in [5.41, 5.74) is 1.11. The first kappa shape index (κ1) is 16.0. The molecule has 0 aromatic heterocycles. The molecule has 4 heteroatoms. The molecule has 0 aliphatic carbocycles. The molecule has 1 atom stereocenters. The first-order valence-corrected chi connectivity index (χ1v) is 7.76. The Morgan fingerprint density at radius 2 is 2.24 bits per heavy atom. The second-order valence-corrected chi connectivity index (χ2v) is 6.29. The number of piperidine rings is 1. The highest BCUT2D eigenvalue weighted by Gasteiger charge is 2.24. The van der Waals surface area contributed by atoms with E-state index in [1.807, 2.05) is 4.90 Å². The fourth-order valence-corrected chi connectivity index (χ4v) is 2.78. The maximum atomic E-state index is 13.3. The molecule has 21 heavy (non-hydrogen) atoms. The minimum Gasteiger partial charge on any atom is -0.338 e. The van der Waals surface area contributed by atoms with Crippen LogP contribution in [0.4, 0.5) is 4.39 Å². The summed E-state index contributed by atoms with van der Waals surface area (Å²) in [4.78, 5) is 14.4. The van der Waals surface area contributed by atoms with Gasteiger partial charge in [0.1, 0.15) is 5.82 Å². The number of rotatable bonds is 4. The average Bonchev–Trinajstić information content (AvgIpc) is 2.47. The summed E-state index contributed by atoms with van der Waals surface area (Å²) in [6.07, 6.45) is 2.20. The summed E-state index contributed by atoms with van der Waals surface area (Å²) in [6, 6.07) is 5.08. The van der Waals surface area contributed by atoms with Crippen LogP contribution in [0.1, 0.15) is 42.6 Å². The average molecular weight is 292 g/mol. The number of amides is 1. The monoisotopic (exact) mass is 292 g/mol. The zero-order valence-electron chi connectivity index (χ0n) is 13.2. The molecule has 1 fully saturated rings. The largest absolute Gasteiger partial charge is 0.338 e. The summed E-state index contributed by atoms with van der Waals surface area (Å²) >= 11 is 0. The highest BCUT2D eigenvalue weighted by atomic mass is 19.1. The number of aryl methyl sites for hydroxylation is 1. The van der Waals surface area contributed by atoms with Crippen LogP contribution in [0.15, 0.2) is 18.2 Å². The van der Waals surface area contributed by atoms with Gasteiger partial charge in [-0.05, 0) is 56.0 Å². The van der Waals surface area contributed by atoms with Crippen molar-refractivity contribution in [2.45, 2.75) is 39.7 Å². The Bertz CT molecular complexity index is 502. The van der Waals surface area contributed by atoms with Gasteiger partial charge < -0.3 is 10.2 Å². The number of halogens is 1. The van der Waals surface area contributed by atoms with Crippen molar-refractivity contribution < 1.29 is 9.18 Å². The first-order valence-electron chi connectivity index (χ1n) is 7.76. The molecule has 0 saturated carbocycles. The second kappa shape index (κ2) is 7.03. The smallest absolute Gasteiger partial charge is 0.253 e. The van der Waals surface area contributed by atoms with Gasteiger partial charge in [0.25, 0.3) is 5.91 Å². The standard InChI is InChI=1S/C17H25FN2O/c1-12(2)19-10-14-5-4-8-20(11-14)17(21)15-6-7-16(18)13(3)9-15/h6-7,9,12,14,19H,4-5,8,10-11H2,1-3H3. The van der Waals surface area contributed by atoms with E-state index in [0.717, 1.165) is 32.5 Å². The van der Waals surface area contributed by atoms with E-state index in [0.29, 0.717) is 23.1 Å². The summed E-state index contributed by atoms with van der Waals surface area (Å²) in [7, 11) is 0. The predicted octanol–water partition coefficient (Wildman–Crippen LogP) is 2.98. The predicted molar refractivity (Wildman–Crippen MR) is 82.9 cm³/mol. The zero-order valence-corrected chi connectivity index (χ0v) is 13.2. The van der Waals surface area contributed by atoms with E-state index in [4.69, 9.17) is 0 Å². The molecule has 2 rings (SSSR count). The van der Waals surface area contributed by atoms with Crippen molar-refractivity contribution in [2.75, 3.05) is 19.6 Å². The van der Waals surface area contributed by atoms with E-state index < -0.39 is 0 Å². The molecular weight excluding hydrogens is 267 g/mol. The second-order valence-electron chi connectivity index (χ2n) is 6.29. The summed E-state index contributed by atoms with van der Waals surface area (Å²) in [6.45, 7) is 8.49. The Kier molecular flexibility index (Phi) is 5.34. The van der Waals surface area contributed by atoms with Gasteiger partial charge in [0.2, 0.25) is 0 Å². The molecule has 0 radical (unpaired) electrons. The molecule has 1 aromatic carbocycles. The highest BCUT2D eigenvalue weighted by molar-refractivity contribution is 5.94. The molecule has 0 bridgehead atoms. The number of carbonyl (C=O) groups is 1. The molecule has 1 amide bonds. The number of nitrogens with zero attached hydrogens (tertiary/aromatic N) is 1. The molecule has 1 unspecified atom stereocenters. The lowest BCUT2D eigenvalue weighted by atomic mass is 9.97. The van der Waals surface area contributed by atoms with Gasteiger partial charge in [0.15, 0.2) is 0 Å². The molecule has 1 N–H and O–H groups in total. The lowest BCUT2D eigenvalue weighted by Gasteiger charge is -2.33. The molecular formula is C17H25FN2O. The van der Waals surface area contributed by atoms with E-state index in [1.165, 1.54) is 6.07 Å². The van der Waals surface area contributed by atoms with Crippen LogP contribution in [0.25, 0.3) is 0 Å². The minimum atomic E-state index is -0.260. The third-order valence-corrected chi connectivity index (χ3v) is 4.03. The van der Waals surface area contributed by atoms with Crippen LogP contribution >= 0.6 is 0 Å². The van der Waals surface area contributed by atoms with Crippen LogP contribution in [-0.2, 0) is 0 Å². The van der Waals surface area contributed by atoms with Gasteiger partial charge in [0, 0.05) is 24.7 Å². The molecule has 1 heterocycles. The van der Waals surface area contributed by atoms with Crippen LogP contribution in [0.3, 0.4) is 0 Å². The normalized spacial score (nSPS) is 19.1. The number of benzene rings is 1. The van der Waals surface area contributed by atoms with Crippen molar-refractivity contribution in [1.29, 1.82) is 0 Å². The fourth-order valence-electron chi connectivity index (χ4n) is 2.78. The van der Waals surface area contributed by atoms with Gasteiger partial charge in [-0.1, -0.05) is 13.8 Å². The van der Waals surface area contributed by atoms with E-state index in [2.05, 4.69) is 19.2 Å². The van der Waals surface area contributed by atoms with Crippen molar-refractivity contribution in [2.24, 2.45) is 5.92 Å². The molecule has 1 saturated heterocycles. The zero-order chi connectivity index (χ0) is 15.4. The van der Waals surface area contributed by atoms with Crippen LogP contribution in [0, 0.1) is 18.7 Å². The van der Waals surface area contributed by atoms with Crippen molar-refractivity contribution in [1.82, 2.24) is 10.2 Å². The summed E-state index contributed by atoms with van der Waals surface area (Å²) in [5.74, 6) is 0.267. The van der Waals surface area contributed by atoms with E-state index >= 15 is 0 Å². The SMILES string of the molecule is Cc1cc(C(=O)N2CCCC(CNC(C)C)C2)ccc1F. The maximum Gasteiger partial charge on any atom is 0.253 e. The Balaban J connectivity index is 1.99. The van der Waals surface area contributed by atoms with Crippen molar-refractivity contribution >= 4 is 5.91 Å². The Morgan fingerprint density at radius 3 is 2.90 bits per heavy atom. The molecule has 1 aromatic rings. The third kappa shape index (κ3) is 4.27. The molecule has 116 valence electrons. The molecule has 1 aliphatic heterocycles. The van der Waals surface area contributed by atoms with Gasteiger partial charge in [0.05, 0.1) is 0 Å². The van der Waals surface area contributed by atoms with E-state index in [-0.39, 0.29) is 11.7 Å². The number of nitrogens with one attached hydrogen (secondary N) is 1. The van der Waals surface area contributed by atoms with Crippen molar-refractivity contribution in [3.05, 3.63) is 35.1 Å². The van der Waals surface area contributed by atoms with Crippen LogP contribution < -0.4 is 5.32 Å². The van der Waals surface area contributed by atoms with Gasteiger partial charge in [-0.2, -0.15) is 0 Å². The van der Waals surface area contributed by atoms with Gasteiger partial charge in [-0.25, -0.2) is 4.39 Å². The molecule has 3 nitrogen and oxygen atoms in total. The molecule has 1 aliphatic rings. The quantitative estimate of drug-likeness (QED) is 0.925. The van der Waals surface area contributed by atoms with Crippen LogP contribution in [-0.4, -0.2) is 36.5 Å². The topological polar surface area (TPSA) is 32.3 Å². The number of hydrogen-bond acceptors (Lipinski definition) is 2. The van der Waals surface area contributed by atoms with Gasteiger partial charge >= 0.3 is 0 Å². The van der Waals surface area contributed by atoms with Crippen molar-refractivity contribution in [3.8, 4) is 0 Å². The highest BCUT2D eigenvalue weighted by Crippen LogP contribution is 2.19. The fraction of sp³-hybridized carbons (Fsp3) is 0.588. The Morgan fingerprint density at radius 1 is 1.48 bits per heavy atom. The van der Waals surface area contributed by atoms with E-state index in [1.54, 1.807) is 19.1 Å². The van der Waals surface area contributed by atoms with Gasteiger partial charge in [-0.15, -0.1) is 0 Å². The van der Waals surface area contributed by atoms with Gasteiger partial charge in [-0.3, -0.25) is 4.79 Å². The summed E-state index contributed by atoms with van der Waals surface area (Å²) < 4.78 is 13.3. The minimum absolute atomic E-state index is 0.0207. The Labute approximate surface area is 126 Å². The summed E-state index contributed by atoms with van der Waals surface area (Å²) in [5, 5.41) is 3.44. The molecule has 0 spiro atoms. The van der Waals surface area contributed by atoms with E-state index in [9.17, 15) is 9.18 Å². The maximum absolute atomic E-state index is 13.3. The van der Waals surface area contributed by atoms with Crippen LogP contribution in [0.5, 0.6) is 0 Å². The lowest BCUT2D eigenvalue weighted by Crippen LogP contribution is -2.43. The number of hydrogen-bond donors (Lipinski definition) is 1. The lowest BCUT2D eigenvalue weighted by molar-refractivity contribution is 0.0672. The first-order chi connectivity index (χ1) is 9.97. The Hall–Kier alpha value is -1.42. The van der Waals surface area contributed by atoms with Crippen LogP contribution in [0.2, 0.25) is 0 Å². The number of carbonyl (C=O) groups excluding carboxylic acids is 1. The third-order valence-electron chi connectivity index (χ3n) is 4.03. The number of likely N-dealkylation sites (tertiary alicyclic amines) is 1. The van der Waals surface area contributed by atoms with Crippen molar-refractivity contribution in [3.63, 3.8) is 0 Å².